The fraction of sp³-hybridized carbons (Fsp3) is 0.300. The summed E-state index contributed by atoms with van der Waals surface area (Å²) < 4.78 is 23.8. The van der Waals surface area contributed by atoms with Crippen LogP contribution in [0.5, 0.6) is 0 Å². The van der Waals surface area contributed by atoms with Crippen molar-refractivity contribution in [3.63, 3.8) is 0 Å². The maximum atomic E-state index is 11.9. The summed E-state index contributed by atoms with van der Waals surface area (Å²) in [5.41, 5.74) is 0. The van der Waals surface area contributed by atoms with Gasteiger partial charge in [-0.2, -0.15) is 5.26 Å². The summed E-state index contributed by atoms with van der Waals surface area (Å²) in [5, 5.41) is 7.93. The van der Waals surface area contributed by atoms with Crippen molar-refractivity contribution in [3.05, 3.63) is 29.3 Å². The summed E-state index contributed by atoms with van der Waals surface area (Å²) in [7, 11) is -3.49. The minimum atomic E-state index is -3.49. The Kier molecular flexibility index (Phi) is 3.72. The first kappa shape index (κ1) is 12.0. The van der Waals surface area contributed by atoms with Crippen LogP contribution in [0.1, 0.15) is 13.3 Å². The lowest BCUT2D eigenvalue weighted by atomic mass is 10.4. The van der Waals surface area contributed by atoms with E-state index in [1.54, 1.807) is 12.1 Å². The van der Waals surface area contributed by atoms with Crippen LogP contribution in [0.4, 0.5) is 0 Å². The third-order valence-electron chi connectivity index (χ3n) is 2.05. The van der Waals surface area contributed by atoms with Gasteiger partial charge in [-0.05, 0) is 19.1 Å². The second-order valence-corrected chi connectivity index (χ2v) is 5.89. The molecule has 0 amide bonds. The standard InChI is InChI=1S/C10H10ClNO2S/c1-8(6-7-12)15(13,14)10-5-3-2-4-9(10)11/h2-5,8H,6H2,1H3. The van der Waals surface area contributed by atoms with Crippen molar-refractivity contribution in [2.45, 2.75) is 23.5 Å². The lowest BCUT2D eigenvalue weighted by molar-refractivity contribution is 0.584. The van der Waals surface area contributed by atoms with Crippen LogP contribution in [-0.4, -0.2) is 13.7 Å². The van der Waals surface area contributed by atoms with E-state index in [4.69, 9.17) is 16.9 Å². The molecule has 0 N–H and O–H groups in total. The van der Waals surface area contributed by atoms with Crippen LogP contribution in [0.3, 0.4) is 0 Å². The number of hydrogen-bond donors (Lipinski definition) is 0. The lowest BCUT2D eigenvalue weighted by Gasteiger charge is -2.10. The molecule has 15 heavy (non-hydrogen) atoms. The normalized spacial score (nSPS) is 13.1. The van der Waals surface area contributed by atoms with Gasteiger partial charge in [0, 0.05) is 0 Å². The van der Waals surface area contributed by atoms with E-state index >= 15 is 0 Å². The monoisotopic (exact) mass is 243 g/mol. The van der Waals surface area contributed by atoms with Crippen LogP contribution in [-0.2, 0) is 9.84 Å². The second-order valence-electron chi connectivity index (χ2n) is 3.15. The molecule has 1 unspecified atom stereocenters. The first-order chi connectivity index (χ1) is 7.00. The maximum Gasteiger partial charge on any atom is 0.183 e. The van der Waals surface area contributed by atoms with Gasteiger partial charge < -0.3 is 0 Å². The summed E-state index contributed by atoms with van der Waals surface area (Å²) in [6.45, 7) is 1.50. The summed E-state index contributed by atoms with van der Waals surface area (Å²) in [6, 6.07) is 8.08. The molecule has 0 aliphatic carbocycles. The van der Waals surface area contributed by atoms with E-state index < -0.39 is 15.1 Å². The van der Waals surface area contributed by atoms with Crippen LogP contribution in [0.15, 0.2) is 29.2 Å². The fourth-order valence-electron chi connectivity index (χ4n) is 1.13. The number of nitrogens with zero attached hydrogens (tertiary/aromatic N) is 1. The first-order valence-electron chi connectivity index (χ1n) is 4.35. The highest BCUT2D eigenvalue weighted by Crippen LogP contribution is 2.25. The zero-order valence-electron chi connectivity index (χ0n) is 8.14. The van der Waals surface area contributed by atoms with Crippen molar-refractivity contribution < 1.29 is 8.42 Å². The fourth-order valence-corrected chi connectivity index (χ4v) is 2.92. The smallest absolute Gasteiger partial charge is 0.183 e. The largest absolute Gasteiger partial charge is 0.223 e. The van der Waals surface area contributed by atoms with E-state index in [1.807, 2.05) is 6.07 Å². The number of sulfone groups is 1. The molecule has 0 aliphatic rings. The van der Waals surface area contributed by atoms with Gasteiger partial charge in [-0.1, -0.05) is 23.7 Å². The molecule has 0 spiro atoms. The molecule has 0 radical (unpaired) electrons. The number of halogens is 1. The van der Waals surface area contributed by atoms with Gasteiger partial charge >= 0.3 is 0 Å². The SMILES string of the molecule is CC(CC#N)S(=O)(=O)c1ccccc1Cl. The Balaban J connectivity index is 3.19. The Labute approximate surface area is 94.2 Å². The molecule has 5 heteroatoms. The predicted octanol–water partition coefficient (Wildman–Crippen LogP) is 2.42. The van der Waals surface area contributed by atoms with E-state index in [0.717, 1.165) is 0 Å². The molecule has 0 bridgehead atoms. The minimum absolute atomic E-state index is 0.0342. The first-order valence-corrected chi connectivity index (χ1v) is 6.28. The minimum Gasteiger partial charge on any atom is -0.223 e. The van der Waals surface area contributed by atoms with Crippen molar-refractivity contribution in [1.82, 2.24) is 0 Å². The van der Waals surface area contributed by atoms with Crippen LogP contribution < -0.4 is 0 Å². The van der Waals surface area contributed by atoms with E-state index in [-0.39, 0.29) is 16.3 Å². The van der Waals surface area contributed by atoms with Crippen LogP contribution in [0, 0.1) is 11.3 Å². The van der Waals surface area contributed by atoms with E-state index in [2.05, 4.69) is 0 Å². The van der Waals surface area contributed by atoms with Crippen LogP contribution in [0.2, 0.25) is 5.02 Å². The molecule has 1 aromatic rings. The molecule has 3 nitrogen and oxygen atoms in total. The van der Waals surface area contributed by atoms with Crippen LogP contribution in [0.25, 0.3) is 0 Å². The van der Waals surface area contributed by atoms with Gasteiger partial charge in [-0.25, -0.2) is 8.42 Å². The predicted molar refractivity (Wildman–Crippen MR) is 58.3 cm³/mol. The molecule has 80 valence electrons. The van der Waals surface area contributed by atoms with Crippen molar-refractivity contribution in [2.24, 2.45) is 0 Å². The van der Waals surface area contributed by atoms with Gasteiger partial charge in [0.25, 0.3) is 0 Å². The highest BCUT2D eigenvalue weighted by Gasteiger charge is 2.24. The van der Waals surface area contributed by atoms with Crippen molar-refractivity contribution >= 4 is 21.4 Å². The molecule has 0 aromatic heterocycles. The van der Waals surface area contributed by atoms with E-state index in [9.17, 15) is 8.42 Å². The summed E-state index contributed by atoms with van der Waals surface area (Å²) in [4.78, 5) is 0.0921. The summed E-state index contributed by atoms with van der Waals surface area (Å²) >= 11 is 5.79. The quantitative estimate of drug-likeness (QED) is 0.819. The molecular weight excluding hydrogens is 234 g/mol. The molecule has 0 heterocycles. The Morgan fingerprint density at radius 1 is 1.47 bits per heavy atom. The average Bonchev–Trinajstić information content (AvgIpc) is 2.18. The molecule has 0 saturated carbocycles. The Hall–Kier alpha value is -1.05. The maximum absolute atomic E-state index is 11.9. The number of benzene rings is 1. The zero-order chi connectivity index (χ0) is 11.5. The summed E-state index contributed by atoms with van der Waals surface area (Å²) in [6.07, 6.45) is -0.0342. The molecular formula is C10H10ClNO2S. The topological polar surface area (TPSA) is 57.9 Å². The van der Waals surface area contributed by atoms with Gasteiger partial charge in [0.05, 0.1) is 27.7 Å². The van der Waals surface area contributed by atoms with Crippen LogP contribution >= 0.6 is 11.6 Å². The highest BCUT2D eigenvalue weighted by atomic mass is 35.5. The third kappa shape index (κ3) is 2.49. The Morgan fingerprint density at radius 2 is 2.07 bits per heavy atom. The second kappa shape index (κ2) is 4.65. The lowest BCUT2D eigenvalue weighted by Crippen LogP contribution is -2.17. The number of hydrogen-bond acceptors (Lipinski definition) is 3. The molecule has 0 aliphatic heterocycles. The number of nitriles is 1. The van der Waals surface area contributed by atoms with Gasteiger partial charge in [0.15, 0.2) is 9.84 Å². The molecule has 1 aromatic carbocycles. The van der Waals surface area contributed by atoms with Crippen molar-refractivity contribution in [2.75, 3.05) is 0 Å². The number of rotatable bonds is 3. The summed E-state index contributed by atoms with van der Waals surface area (Å²) in [5.74, 6) is 0. The zero-order valence-corrected chi connectivity index (χ0v) is 9.72. The Morgan fingerprint density at radius 3 is 2.60 bits per heavy atom. The van der Waals surface area contributed by atoms with Crippen molar-refractivity contribution in [3.8, 4) is 6.07 Å². The molecule has 0 saturated heterocycles. The van der Waals surface area contributed by atoms with Gasteiger partial charge in [0.1, 0.15) is 0 Å². The molecule has 1 atom stereocenters. The van der Waals surface area contributed by atoms with Gasteiger partial charge in [-0.3, -0.25) is 0 Å². The van der Waals surface area contributed by atoms with Gasteiger partial charge in [0.2, 0.25) is 0 Å². The average molecular weight is 244 g/mol. The third-order valence-corrected chi connectivity index (χ3v) is 4.69. The molecule has 1 rings (SSSR count). The highest BCUT2D eigenvalue weighted by molar-refractivity contribution is 7.92. The molecule has 0 fully saturated rings. The Bertz CT molecular complexity index is 490. The van der Waals surface area contributed by atoms with Gasteiger partial charge in [-0.15, -0.1) is 0 Å². The van der Waals surface area contributed by atoms with E-state index in [0.29, 0.717) is 0 Å². The van der Waals surface area contributed by atoms with Crippen molar-refractivity contribution in [1.29, 1.82) is 5.26 Å². The van der Waals surface area contributed by atoms with E-state index in [1.165, 1.54) is 19.1 Å².